The van der Waals surface area contributed by atoms with Crippen molar-refractivity contribution in [2.45, 2.75) is 13.8 Å². The SMILES string of the molecule is C/C=C\C.c1ccc2ncccc2c1.c1ccc2sccc2c1. The van der Waals surface area contributed by atoms with Gasteiger partial charge >= 0.3 is 0 Å². The van der Waals surface area contributed by atoms with Crippen molar-refractivity contribution in [3.05, 3.63) is 90.5 Å². The molecule has 0 aliphatic carbocycles. The lowest BCUT2D eigenvalue weighted by molar-refractivity contribution is 1.41. The van der Waals surface area contributed by atoms with Crippen LogP contribution >= 0.6 is 11.3 Å². The molecular formula is C21H21NS. The number of para-hydroxylation sites is 1. The Labute approximate surface area is 141 Å². The van der Waals surface area contributed by atoms with Crippen LogP contribution in [0.5, 0.6) is 0 Å². The van der Waals surface area contributed by atoms with E-state index in [4.69, 9.17) is 0 Å². The van der Waals surface area contributed by atoms with E-state index >= 15 is 0 Å². The highest BCUT2D eigenvalue weighted by Crippen LogP contribution is 2.18. The van der Waals surface area contributed by atoms with Crippen LogP contribution in [0.1, 0.15) is 13.8 Å². The Balaban J connectivity index is 0.000000137. The van der Waals surface area contributed by atoms with Gasteiger partial charge in [0, 0.05) is 16.3 Å². The number of fused-ring (bicyclic) bond motifs is 2. The molecule has 0 N–H and O–H groups in total. The second-order valence-electron chi connectivity index (χ2n) is 4.82. The highest BCUT2D eigenvalue weighted by atomic mass is 32.1. The Morgan fingerprint density at radius 3 is 2.09 bits per heavy atom. The van der Waals surface area contributed by atoms with Gasteiger partial charge in [-0.3, -0.25) is 4.98 Å². The van der Waals surface area contributed by atoms with Crippen LogP contribution in [0.3, 0.4) is 0 Å². The second-order valence-corrected chi connectivity index (χ2v) is 5.77. The van der Waals surface area contributed by atoms with E-state index in [1.807, 2.05) is 56.5 Å². The first kappa shape index (κ1) is 16.9. The van der Waals surface area contributed by atoms with Gasteiger partial charge in [-0.1, -0.05) is 54.6 Å². The molecule has 2 heterocycles. The normalized spacial score (nSPS) is 10.0. The number of allylic oxidation sites excluding steroid dienone is 2. The summed E-state index contributed by atoms with van der Waals surface area (Å²) in [5.41, 5.74) is 1.06. The number of benzene rings is 2. The molecule has 0 spiro atoms. The standard InChI is InChI=1S/C9H7N.C8H6S.C4H8/c1-2-6-9-8(4-1)5-3-7-10-9;1-2-4-8-7(3-1)5-6-9-8;1-3-4-2/h1-7H;1-6H;3-4H,1-2H3/b;;4-3-. The quantitative estimate of drug-likeness (QED) is 0.328. The fraction of sp³-hybridized carbons (Fsp3) is 0.0952. The second kappa shape index (κ2) is 9.54. The van der Waals surface area contributed by atoms with Gasteiger partial charge < -0.3 is 0 Å². The molecule has 0 fully saturated rings. The minimum Gasteiger partial charge on any atom is -0.256 e. The van der Waals surface area contributed by atoms with Crippen LogP contribution < -0.4 is 0 Å². The van der Waals surface area contributed by atoms with Crippen LogP contribution in [-0.2, 0) is 0 Å². The summed E-state index contributed by atoms with van der Waals surface area (Å²) in [5, 5.41) is 4.66. The van der Waals surface area contributed by atoms with Crippen molar-refractivity contribution in [2.75, 3.05) is 0 Å². The van der Waals surface area contributed by atoms with E-state index in [1.54, 1.807) is 11.3 Å². The minimum absolute atomic E-state index is 1.06. The summed E-state index contributed by atoms with van der Waals surface area (Å²) >= 11 is 1.79. The van der Waals surface area contributed by atoms with Crippen molar-refractivity contribution in [2.24, 2.45) is 0 Å². The predicted octanol–water partition coefficient (Wildman–Crippen LogP) is 6.72. The number of hydrogen-bond acceptors (Lipinski definition) is 2. The lowest BCUT2D eigenvalue weighted by atomic mass is 10.2. The molecule has 0 radical (unpaired) electrons. The van der Waals surface area contributed by atoms with Crippen LogP contribution in [0, 0.1) is 0 Å². The third-order valence-corrected chi connectivity index (χ3v) is 4.11. The number of thiophene rings is 1. The fourth-order valence-electron chi connectivity index (χ4n) is 1.92. The smallest absolute Gasteiger partial charge is 0.0701 e. The summed E-state index contributed by atoms with van der Waals surface area (Å²) in [5.74, 6) is 0. The summed E-state index contributed by atoms with van der Waals surface area (Å²) in [4.78, 5) is 4.18. The number of pyridine rings is 1. The predicted molar refractivity (Wildman–Crippen MR) is 104 cm³/mol. The molecule has 0 aliphatic rings. The van der Waals surface area contributed by atoms with Gasteiger partial charge in [0.05, 0.1) is 5.52 Å². The Morgan fingerprint density at radius 1 is 0.739 bits per heavy atom. The summed E-state index contributed by atoms with van der Waals surface area (Å²) in [7, 11) is 0. The van der Waals surface area contributed by atoms with Crippen LogP contribution in [0.4, 0.5) is 0 Å². The average molecular weight is 319 g/mol. The molecule has 116 valence electrons. The van der Waals surface area contributed by atoms with Crippen molar-refractivity contribution in [3.63, 3.8) is 0 Å². The Hall–Kier alpha value is -2.45. The first-order valence-electron chi connectivity index (χ1n) is 7.64. The summed E-state index contributed by atoms with van der Waals surface area (Å²) < 4.78 is 1.37. The number of hydrogen-bond donors (Lipinski definition) is 0. The summed E-state index contributed by atoms with van der Waals surface area (Å²) in [6.07, 6.45) is 5.81. The lowest BCUT2D eigenvalue weighted by Gasteiger charge is -1.91. The largest absolute Gasteiger partial charge is 0.256 e. The van der Waals surface area contributed by atoms with Crippen molar-refractivity contribution in [1.82, 2.24) is 4.98 Å². The van der Waals surface area contributed by atoms with E-state index in [0.29, 0.717) is 0 Å². The van der Waals surface area contributed by atoms with Crippen LogP contribution in [0.15, 0.2) is 90.5 Å². The maximum Gasteiger partial charge on any atom is 0.0701 e. The number of nitrogens with zero attached hydrogens (tertiary/aromatic N) is 1. The van der Waals surface area contributed by atoms with E-state index in [-0.39, 0.29) is 0 Å². The zero-order valence-corrected chi connectivity index (χ0v) is 14.3. The zero-order valence-electron chi connectivity index (χ0n) is 13.5. The van der Waals surface area contributed by atoms with Crippen molar-refractivity contribution in [3.8, 4) is 0 Å². The molecule has 2 heteroatoms. The lowest BCUT2D eigenvalue weighted by Crippen LogP contribution is -1.73. The summed E-state index contributed by atoms with van der Waals surface area (Å²) in [6.45, 7) is 4.00. The maximum atomic E-state index is 4.18. The van der Waals surface area contributed by atoms with Crippen LogP contribution in [-0.4, -0.2) is 4.98 Å². The number of rotatable bonds is 0. The highest BCUT2D eigenvalue weighted by molar-refractivity contribution is 7.17. The van der Waals surface area contributed by atoms with Gasteiger partial charge in [-0.05, 0) is 48.9 Å². The molecule has 0 unspecified atom stereocenters. The van der Waals surface area contributed by atoms with Crippen molar-refractivity contribution >= 4 is 32.3 Å². The summed E-state index contributed by atoms with van der Waals surface area (Å²) in [6, 6.07) is 22.6. The fourth-order valence-corrected chi connectivity index (χ4v) is 2.71. The molecule has 0 saturated heterocycles. The van der Waals surface area contributed by atoms with Gasteiger partial charge in [0.2, 0.25) is 0 Å². The molecule has 1 nitrogen and oxygen atoms in total. The molecule has 2 aromatic heterocycles. The molecule has 0 amide bonds. The third-order valence-electron chi connectivity index (χ3n) is 3.21. The zero-order chi connectivity index (χ0) is 16.3. The third kappa shape index (κ3) is 5.35. The van der Waals surface area contributed by atoms with E-state index in [2.05, 4.69) is 52.8 Å². The van der Waals surface area contributed by atoms with E-state index < -0.39 is 0 Å². The Bertz CT molecular complexity index is 762. The molecule has 0 saturated carbocycles. The highest BCUT2D eigenvalue weighted by Gasteiger charge is 1.88. The average Bonchev–Trinajstić information content (AvgIpc) is 3.11. The van der Waals surface area contributed by atoms with Crippen molar-refractivity contribution < 1.29 is 0 Å². The molecule has 0 aliphatic heterocycles. The van der Waals surface area contributed by atoms with Gasteiger partial charge in [-0.15, -0.1) is 11.3 Å². The molecule has 0 atom stereocenters. The van der Waals surface area contributed by atoms with Crippen molar-refractivity contribution in [1.29, 1.82) is 0 Å². The first-order valence-corrected chi connectivity index (χ1v) is 8.52. The maximum absolute atomic E-state index is 4.18. The molecule has 4 aromatic rings. The van der Waals surface area contributed by atoms with E-state index in [9.17, 15) is 0 Å². The van der Waals surface area contributed by atoms with Crippen LogP contribution in [0.25, 0.3) is 21.0 Å². The first-order chi connectivity index (χ1) is 11.3. The monoisotopic (exact) mass is 319 g/mol. The topological polar surface area (TPSA) is 12.9 Å². The van der Waals surface area contributed by atoms with Gasteiger partial charge in [0.1, 0.15) is 0 Å². The van der Waals surface area contributed by atoms with E-state index in [0.717, 1.165) is 5.52 Å². The Kier molecular flexibility index (Phi) is 7.02. The van der Waals surface area contributed by atoms with Crippen LogP contribution in [0.2, 0.25) is 0 Å². The van der Waals surface area contributed by atoms with Gasteiger partial charge in [0.25, 0.3) is 0 Å². The minimum atomic E-state index is 1.06. The molecule has 23 heavy (non-hydrogen) atoms. The number of aromatic nitrogens is 1. The van der Waals surface area contributed by atoms with Gasteiger partial charge in [0.15, 0.2) is 0 Å². The van der Waals surface area contributed by atoms with Gasteiger partial charge in [-0.2, -0.15) is 0 Å². The Morgan fingerprint density at radius 2 is 1.39 bits per heavy atom. The molecular weight excluding hydrogens is 298 g/mol. The molecule has 4 rings (SSSR count). The molecule has 0 bridgehead atoms. The molecule has 2 aromatic carbocycles. The van der Waals surface area contributed by atoms with Gasteiger partial charge in [-0.25, -0.2) is 0 Å². The van der Waals surface area contributed by atoms with E-state index in [1.165, 1.54) is 15.5 Å².